The van der Waals surface area contributed by atoms with Crippen LogP contribution in [0.25, 0.3) is 0 Å². The van der Waals surface area contributed by atoms with Crippen molar-refractivity contribution in [1.29, 1.82) is 0 Å². The van der Waals surface area contributed by atoms with Gasteiger partial charge in [0, 0.05) is 6.07 Å². The minimum absolute atomic E-state index is 0.0519. The lowest BCUT2D eigenvalue weighted by atomic mass is 10.0. The molecule has 1 N–H and O–H groups in total. The summed E-state index contributed by atoms with van der Waals surface area (Å²) in [5, 5.41) is 9.76. The number of phenolic OH excluding ortho intramolecular Hbond substituents is 1. The summed E-state index contributed by atoms with van der Waals surface area (Å²) in [5.41, 5.74) is 1.15. The van der Waals surface area contributed by atoms with Gasteiger partial charge in [0.15, 0.2) is 5.78 Å². The number of phenols is 1. The molecule has 1 aromatic carbocycles. The van der Waals surface area contributed by atoms with Gasteiger partial charge in [-0.1, -0.05) is 12.2 Å². The van der Waals surface area contributed by atoms with E-state index in [1.807, 2.05) is 0 Å². The summed E-state index contributed by atoms with van der Waals surface area (Å²) < 4.78 is 5.56. The Bertz CT molecular complexity index is 461. The van der Waals surface area contributed by atoms with Crippen molar-refractivity contribution >= 4 is 5.78 Å². The van der Waals surface area contributed by atoms with E-state index in [1.54, 1.807) is 18.2 Å². The standard InChI is InChI=1S/C15H18O3/c1-4-6-8-18-15-10-14(17)13(11(3)16)9-12(15)7-5-2/h4-5,9-10,17H,1-2,6-8H2,3H3. The number of benzene rings is 1. The highest BCUT2D eigenvalue weighted by Gasteiger charge is 2.12. The normalized spacial score (nSPS) is 9.83. The molecule has 3 nitrogen and oxygen atoms in total. The molecule has 0 aliphatic heterocycles. The smallest absolute Gasteiger partial charge is 0.163 e. The van der Waals surface area contributed by atoms with E-state index in [0.717, 1.165) is 12.0 Å². The lowest BCUT2D eigenvalue weighted by Gasteiger charge is -2.12. The molecule has 0 unspecified atom stereocenters. The van der Waals surface area contributed by atoms with Crippen molar-refractivity contribution in [3.8, 4) is 11.5 Å². The van der Waals surface area contributed by atoms with Gasteiger partial charge in [-0.15, -0.1) is 13.2 Å². The number of rotatable bonds is 7. The molecule has 0 aromatic heterocycles. The Balaban J connectivity index is 3.07. The SMILES string of the molecule is C=CCCOc1cc(O)c(C(C)=O)cc1CC=C. The average molecular weight is 246 g/mol. The highest BCUT2D eigenvalue weighted by molar-refractivity contribution is 5.97. The fourth-order valence-electron chi connectivity index (χ4n) is 1.60. The van der Waals surface area contributed by atoms with Gasteiger partial charge < -0.3 is 9.84 Å². The number of ether oxygens (including phenoxy) is 1. The molecular formula is C15H18O3. The Morgan fingerprint density at radius 2 is 2.11 bits per heavy atom. The first kappa shape index (κ1) is 14.0. The number of Topliss-reactive ketones (excluding diaryl/α,β-unsaturated/α-hetero) is 1. The topological polar surface area (TPSA) is 46.5 Å². The molecular weight excluding hydrogens is 228 g/mol. The number of ketones is 1. The molecule has 96 valence electrons. The molecule has 0 saturated carbocycles. The molecule has 3 heteroatoms. The molecule has 1 rings (SSSR count). The third kappa shape index (κ3) is 3.48. The molecule has 0 heterocycles. The Morgan fingerprint density at radius 1 is 1.39 bits per heavy atom. The largest absolute Gasteiger partial charge is 0.507 e. The van der Waals surface area contributed by atoms with Gasteiger partial charge in [-0.3, -0.25) is 4.79 Å². The molecule has 18 heavy (non-hydrogen) atoms. The first-order valence-corrected chi connectivity index (χ1v) is 5.81. The number of aromatic hydroxyl groups is 1. The summed E-state index contributed by atoms with van der Waals surface area (Å²) in [6, 6.07) is 3.14. The zero-order valence-electron chi connectivity index (χ0n) is 10.6. The minimum atomic E-state index is -0.171. The third-order valence-electron chi connectivity index (χ3n) is 2.50. The van der Waals surface area contributed by atoms with Crippen LogP contribution in [0.15, 0.2) is 37.4 Å². The van der Waals surface area contributed by atoms with Crippen LogP contribution in [0.1, 0.15) is 29.3 Å². The molecule has 0 bridgehead atoms. The fraction of sp³-hybridized carbons (Fsp3) is 0.267. The van der Waals surface area contributed by atoms with Gasteiger partial charge >= 0.3 is 0 Å². The van der Waals surface area contributed by atoms with Gasteiger partial charge in [-0.2, -0.15) is 0 Å². The van der Waals surface area contributed by atoms with E-state index in [1.165, 1.54) is 13.0 Å². The molecule has 0 fully saturated rings. The number of carbonyl (C=O) groups excluding carboxylic acids is 1. The molecule has 0 aliphatic carbocycles. The summed E-state index contributed by atoms with van der Waals surface area (Å²) in [5.74, 6) is 0.360. The quantitative estimate of drug-likeness (QED) is 0.456. The van der Waals surface area contributed by atoms with E-state index in [2.05, 4.69) is 13.2 Å². The zero-order valence-corrected chi connectivity index (χ0v) is 10.6. The highest BCUT2D eigenvalue weighted by Crippen LogP contribution is 2.29. The van der Waals surface area contributed by atoms with Crippen LogP contribution in [0.2, 0.25) is 0 Å². The Kier molecular flexibility index (Phi) is 5.18. The maximum Gasteiger partial charge on any atom is 0.163 e. The molecule has 1 aromatic rings. The average Bonchev–Trinajstić information content (AvgIpc) is 2.32. The first-order chi connectivity index (χ1) is 8.60. The maximum atomic E-state index is 11.4. The van der Waals surface area contributed by atoms with E-state index < -0.39 is 0 Å². The van der Waals surface area contributed by atoms with Crippen molar-refractivity contribution in [1.82, 2.24) is 0 Å². The van der Waals surface area contributed by atoms with E-state index in [0.29, 0.717) is 24.3 Å². The van der Waals surface area contributed by atoms with Gasteiger partial charge in [0.2, 0.25) is 0 Å². The van der Waals surface area contributed by atoms with Crippen molar-refractivity contribution in [2.24, 2.45) is 0 Å². The summed E-state index contributed by atoms with van der Waals surface area (Å²) in [6.07, 6.45) is 4.81. The lowest BCUT2D eigenvalue weighted by molar-refractivity contribution is 0.101. The number of carbonyl (C=O) groups is 1. The first-order valence-electron chi connectivity index (χ1n) is 5.81. The van der Waals surface area contributed by atoms with Crippen molar-refractivity contribution < 1.29 is 14.6 Å². The summed E-state index contributed by atoms with van der Waals surface area (Å²) in [4.78, 5) is 11.4. The lowest BCUT2D eigenvalue weighted by Crippen LogP contribution is -2.02. The molecule has 0 spiro atoms. The van der Waals surface area contributed by atoms with Crippen LogP contribution in [0.4, 0.5) is 0 Å². The molecule has 0 saturated heterocycles. The number of hydrogen-bond donors (Lipinski definition) is 1. The zero-order chi connectivity index (χ0) is 13.5. The van der Waals surface area contributed by atoms with Crippen LogP contribution in [0.5, 0.6) is 11.5 Å². The van der Waals surface area contributed by atoms with E-state index in [-0.39, 0.29) is 11.5 Å². The van der Waals surface area contributed by atoms with Gasteiger partial charge in [0.25, 0.3) is 0 Å². The third-order valence-corrected chi connectivity index (χ3v) is 2.50. The highest BCUT2D eigenvalue weighted by atomic mass is 16.5. The Labute approximate surface area is 107 Å². The van der Waals surface area contributed by atoms with Crippen LogP contribution in [0, 0.1) is 0 Å². The predicted octanol–water partition coefficient (Wildman–Crippen LogP) is 3.28. The summed E-state index contributed by atoms with van der Waals surface area (Å²) in [7, 11) is 0. The van der Waals surface area contributed by atoms with Crippen LogP contribution in [-0.4, -0.2) is 17.5 Å². The Hall–Kier alpha value is -2.03. The monoisotopic (exact) mass is 246 g/mol. The van der Waals surface area contributed by atoms with Gasteiger partial charge in [0.1, 0.15) is 11.5 Å². The second-order valence-corrected chi connectivity index (χ2v) is 3.95. The second kappa shape index (κ2) is 6.64. The molecule has 0 aliphatic rings. The molecule has 0 atom stereocenters. The second-order valence-electron chi connectivity index (χ2n) is 3.95. The summed E-state index contributed by atoms with van der Waals surface area (Å²) >= 11 is 0. The van der Waals surface area contributed by atoms with Gasteiger partial charge in [0.05, 0.1) is 12.2 Å². The number of allylic oxidation sites excluding steroid dienone is 1. The van der Waals surface area contributed by atoms with Crippen molar-refractivity contribution in [2.75, 3.05) is 6.61 Å². The van der Waals surface area contributed by atoms with Crippen molar-refractivity contribution in [3.05, 3.63) is 48.6 Å². The van der Waals surface area contributed by atoms with E-state index in [9.17, 15) is 9.90 Å². The van der Waals surface area contributed by atoms with Crippen LogP contribution < -0.4 is 4.74 Å². The van der Waals surface area contributed by atoms with Gasteiger partial charge in [-0.05, 0) is 31.4 Å². The van der Waals surface area contributed by atoms with E-state index >= 15 is 0 Å². The minimum Gasteiger partial charge on any atom is -0.507 e. The molecule has 0 amide bonds. The van der Waals surface area contributed by atoms with Crippen LogP contribution in [-0.2, 0) is 6.42 Å². The maximum absolute atomic E-state index is 11.4. The van der Waals surface area contributed by atoms with Gasteiger partial charge in [-0.25, -0.2) is 0 Å². The predicted molar refractivity (Wildman–Crippen MR) is 72.3 cm³/mol. The van der Waals surface area contributed by atoms with Crippen LogP contribution in [0.3, 0.4) is 0 Å². The van der Waals surface area contributed by atoms with Crippen LogP contribution >= 0.6 is 0 Å². The van der Waals surface area contributed by atoms with Crippen molar-refractivity contribution in [2.45, 2.75) is 19.8 Å². The molecule has 0 radical (unpaired) electrons. The fourth-order valence-corrected chi connectivity index (χ4v) is 1.60. The van der Waals surface area contributed by atoms with Crippen molar-refractivity contribution in [3.63, 3.8) is 0 Å². The Morgan fingerprint density at radius 3 is 2.67 bits per heavy atom. The number of hydrogen-bond acceptors (Lipinski definition) is 3. The summed E-state index contributed by atoms with van der Waals surface area (Å²) in [6.45, 7) is 9.20. The van der Waals surface area contributed by atoms with E-state index in [4.69, 9.17) is 4.74 Å².